The number of aryl methyl sites for hydroxylation is 2. The number of benzene rings is 2. The minimum atomic E-state index is -0.663. The van der Waals surface area contributed by atoms with Gasteiger partial charge in [-0.15, -0.1) is 0 Å². The summed E-state index contributed by atoms with van der Waals surface area (Å²) in [5, 5.41) is 11.9. The van der Waals surface area contributed by atoms with E-state index in [9.17, 15) is 24.1 Å². The number of nitro benzene ring substituents is 1. The summed E-state index contributed by atoms with van der Waals surface area (Å²) in [5.74, 6) is -0.395. The van der Waals surface area contributed by atoms with Gasteiger partial charge in [0, 0.05) is 37.8 Å². The fraction of sp³-hybridized carbons (Fsp3) is 0.250. The summed E-state index contributed by atoms with van der Waals surface area (Å²) in [7, 11) is 2.97. The van der Waals surface area contributed by atoms with Crippen molar-refractivity contribution in [2.24, 2.45) is 14.1 Å². The van der Waals surface area contributed by atoms with Crippen molar-refractivity contribution in [2.45, 2.75) is 19.6 Å². The zero-order chi connectivity index (χ0) is 24.3. The summed E-state index contributed by atoms with van der Waals surface area (Å²) in [6.45, 7) is 2.32. The molecule has 10 heteroatoms. The molecule has 0 N–H and O–H groups in total. The molecular weight excluding hydrogens is 443 g/mol. The maximum absolute atomic E-state index is 13.6. The van der Waals surface area contributed by atoms with Crippen molar-refractivity contribution >= 4 is 16.6 Å². The molecule has 1 aliphatic rings. The third kappa shape index (κ3) is 3.10. The highest BCUT2D eigenvalue weighted by molar-refractivity contribution is 5.97. The number of nitro groups is 1. The van der Waals surface area contributed by atoms with Crippen molar-refractivity contribution in [2.75, 3.05) is 6.61 Å². The molecule has 1 aliphatic heterocycles. The van der Waals surface area contributed by atoms with Gasteiger partial charge in [0.2, 0.25) is 0 Å². The maximum atomic E-state index is 13.6. The van der Waals surface area contributed by atoms with Crippen molar-refractivity contribution in [3.8, 4) is 11.3 Å². The van der Waals surface area contributed by atoms with Gasteiger partial charge in [0.25, 0.3) is 11.2 Å². The van der Waals surface area contributed by atoms with Crippen LogP contribution in [0.2, 0.25) is 0 Å². The van der Waals surface area contributed by atoms with Crippen LogP contribution >= 0.6 is 0 Å². The minimum absolute atomic E-state index is 0.0648. The van der Waals surface area contributed by atoms with Crippen LogP contribution in [-0.2, 0) is 25.4 Å². The van der Waals surface area contributed by atoms with Gasteiger partial charge in [-0.1, -0.05) is 24.3 Å². The summed E-state index contributed by atoms with van der Waals surface area (Å²) >= 11 is 0. The van der Waals surface area contributed by atoms with E-state index in [1.807, 2.05) is 4.57 Å². The van der Waals surface area contributed by atoms with E-state index >= 15 is 0 Å². The van der Waals surface area contributed by atoms with Gasteiger partial charge in [0.15, 0.2) is 0 Å². The van der Waals surface area contributed by atoms with Crippen molar-refractivity contribution < 1.29 is 14.1 Å². The Labute approximate surface area is 192 Å². The Balaban J connectivity index is 1.93. The maximum Gasteiger partial charge on any atom is 0.331 e. The van der Waals surface area contributed by atoms with E-state index in [2.05, 4.69) is 0 Å². The smallest absolute Gasteiger partial charge is 0.331 e. The molecule has 0 radical (unpaired) electrons. The first-order chi connectivity index (χ1) is 16.2. The summed E-state index contributed by atoms with van der Waals surface area (Å²) in [6, 6.07) is 10.7. The molecule has 0 saturated heterocycles. The van der Waals surface area contributed by atoms with Crippen LogP contribution in [0.15, 0.2) is 52.1 Å². The first kappa shape index (κ1) is 21.8. The highest BCUT2D eigenvalue weighted by atomic mass is 19.1. The molecule has 2 aromatic carbocycles. The number of aromatic nitrogens is 3. The summed E-state index contributed by atoms with van der Waals surface area (Å²) in [6.07, 6.45) is -0.663. The van der Waals surface area contributed by atoms with Crippen LogP contribution in [0.4, 0.5) is 10.1 Å². The molecule has 0 saturated carbocycles. The van der Waals surface area contributed by atoms with E-state index in [1.165, 1.54) is 29.8 Å². The molecule has 0 spiro atoms. The van der Waals surface area contributed by atoms with E-state index < -0.39 is 28.1 Å². The van der Waals surface area contributed by atoms with Crippen molar-refractivity contribution in [1.82, 2.24) is 13.7 Å². The molecule has 0 amide bonds. The molecule has 0 bridgehead atoms. The number of fused-ring (bicyclic) bond motifs is 3. The van der Waals surface area contributed by atoms with E-state index in [0.717, 1.165) is 4.57 Å². The van der Waals surface area contributed by atoms with Crippen LogP contribution in [-0.4, -0.2) is 25.2 Å². The predicted molar refractivity (Wildman–Crippen MR) is 123 cm³/mol. The number of hydrogen-bond acceptors (Lipinski definition) is 5. The molecule has 5 rings (SSSR count). The Morgan fingerprint density at radius 3 is 2.47 bits per heavy atom. The van der Waals surface area contributed by atoms with Gasteiger partial charge in [0.05, 0.1) is 33.8 Å². The molecule has 174 valence electrons. The van der Waals surface area contributed by atoms with E-state index in [1.54, 1.807) is 38.2 Å². The lowest BCUT2D eigenvalue weighted by Crippen LogP contribution is -2.37. The molecule has 2 aromatic heterocycles. The molecule has 9 nitrogen and oxygen atoms in total. The first-order valence-corrected chi connectivity index (χ1v) is 10.6. The number of ether oxygens (including phenoxy) is 1. The van der Waals surface area contributed by atoms with E-state index in [4.69, 9.17) is 4.74 Å². The molecule has 1 atom stereocenters. The fourth-order valence-corrected chi connectivity index (χ4v) is 4.72. The third-order valence-electron chi connectivity index (χ3n) is 6.40. The molecule has 1 unspecified atom stereocenters. The summed E-state index contributed by atoms with van der Waals surface area (Å²) in [4.78, 5) is 37.4. The highest BCUT2D eigenvalue weighted by Gasteiger charge is 2.33. The summed E-state index contributed by atoms with van der Waals surface area (Å²) in [5.41, 5.74) is 2.02. The van der Waals surface area contributed by atoms with Gasteiger partial charge in [0.1, 0.15) is 11.9 Å². The summed E-state index contributed by atoms with van der Waals surface area (Å²) < 4.78 is 23.9. The normalized spacial score (nSPS) is 15.5. The third-order valence-corrected chi connectivity index (χ3v) is 6.40. The lowest BCUT2D eigenvalue weighted by molar-refractivity contribution is -0.385. The van der Waals surface area contributed by atoms with Gasteiger partial charge < -0.3 is 9.30 Å². The topological polar surface area (TPSA) is 101 Å². The minimum Gasteiger partial charge on any atom is -0.365 e. The molecule has 4 aromatic rings. The molecule has 3 heterocycles. The number of nitrogens with zero attached hydrogens (tertiary/aromatic N) is 4. The second kappa shape index (κ2) is 7.77. The van der Waals surface area contributed by atoms with Crippen molar-refractivity contribution in [1.29, 1.82) is 0 Å². The number of halogens is 1. The van der Waals surface area contributed by atoms with Gasteiger partial charge in [-0.2, -0.15) is 0 Å². The van der Waals surface area contributed by atoms with Crippen molar-refractivity contribution in [3.05, 3.63) is 96.1 Å². The Morgan fingerprint density at radius 2 is 1.79 bits per heavy atom. The van der Waals surface area contributed by atoms with E-state index in [-0.39, 0.29) is 11.1 Å². The Morgan fingerprint density at radius 1 is 1.09 bits per heavy atom. The number of rotatable bonds is 3. The van der Waals surface area contributed by atoms with Crippen LogP contribution in [0.1, 0.15) is 22.9 Å². The Hall–Kier alpha value is -4.05. The van der Waals surface area contributed by atoms with Crippen LogP contribution in [0.5, 0.6) is 0 Å². The van der Waals surface area contributed by atoms with Gasteiger partial charge in [-0.05, 0) is 24.6 Å². The Kier molecular flexibility index (Phi) is 4.98. The van der Waals surface area contributed by atoms with Gasteiger partial charge >= 0.3 is 5.69 Å². The predicted octanol–water partition coefficient (Wildman–Crippen LogP) is 3.18. The fourth-order valence-electron chi connectivity index (χ4n) is 4.72. The van der Waals surface area contributed by atoms with Crippen LogP contribution in [0, 0.1) is 22.9 Å². The average molecular weight is 464 g/mol. The molecular formula is C24H21FN4O5. The zero-order valence-electron chi connectivity index (χ0n) is 18.7. The Bertz CT molecular complexity index is 1600. The average Bonchev–Trinajstić information content (AvgIpc) is 3.17. The highest BCUT2D eigenvalue weighted by Crippen LogP contribution is 2.41. The molecule has 34 heavy (non-hydrogen) atoms. The zero-order valence-corrected chi connectivity index (χ0v) is 18.7. The van der Waals surface area contributed by atoms with Crippen LogP contribution in [0.3, 0.4) is 0 Å². The number of hydrogen-bond donors (Lipinski definition) is 0. The standard InChI is InChI=1S/C24H21FN4O5/c1-13-4-5-15(12-17(13)29(32)33)19-18-20(26(2)24(31)27(3)23(18)30)21-22(34-11-10-28(19)21)14-6-8-16(25)9-7-14/h4-9,12,22H,10-11H2,1-3H3. The van der Waals surface area contributed by atoms with E-state index in [0.29, 0.717) is 46.7 Å². The van der Waals surface area contributed by atoms with Gasteiger partial charge in [-0.3, -0.25) is 24.0 Å². The largest absolute Gasteiger partial charge is 0.365 e. The molecule has 0 fully saturated rings. The van der Waals surface area contributed by atoms with Crippen molar-refractivity contribution in [3.63, 3.8) is 0 Å². The first-order valence-electron chi connectivity index (χ1n) is 10.6. The monoisotopic (exact) mass is 464 g/mol. The lowest BCUT2D eigenvalue weighted by atomic mass is 10.0. The molecule has 0 aliphatic carbocycles. The van der Waals surface area contributed by atoms with Crippen LogP contribution < -0.4 is 11.2 Å². The second-order valence-corrected chi connectivity index (χ2v) is 8.38. The second-order valence-electron chi connectivity index (χ2n) is 8.38. The van der Waals surface area contributed by atoms with Gasteiger partial charge in [-0.25, -0.2) is 9.18 Å². The SMILES string of the molecule is Cc1ccc(-c2c3c(=O)n(C)c(=O)n(C)c3c3n2CCOC3c2ccc(F)cc2)cc1[N+](=O)[O-]. The van der Waals surface area contributed by atoms with Crippen LogP contribution in [0.25, 0.3) is 22.2 Å². The lowest BCUT2D eigenvalue weighted by Gasteiger charge is -2.27. The quantitative estimate of drug-likeness (QED) is 0.342.